The first-order valence-electron chi connectivity index (χ1n) is 7.82. The summed E-state index contributed by atoms with van der Waals surface area (Å²) in [5, 5.41) is 12.1. The Kier molecular flexibility index (Phi) is 5.17. The van der Waals surface area contributed by atoms with Crippen molar-refractivity contribution in [3.8, 4) is 0 Å². The summed E-state index contributed by atoms with van der Waals surface area (Å²) in [5.41, 5.74) is 0.844. The van der Waals surface area contributed by atoms with E-state index in [0.29, 0.717) is 5.92 Å². The van der Waals surface area contributed by atoms with Gasteiger partial charge in [0.2, 0.25) is 0 Å². The Morgan fingerprint density at radius 3 is 2.71 bits per heavy atom. The second kappa shape index (κ2) is 6.71. The number of ether oxygens (including phenoxy) is 1. The summed E-state index contributed by atoms with van der Waals surface area (Å²) in [6.07, 6.45) is 0.211. The fourth-order valence-electron chi connectivity index (χ4n) is 2.73. The molecule has 1 aliphatic heterocycles. The number of hydrogen-bond donors (Lipinski definition) is 1. The van der Waals surface area contributed by atoms with Gasteiger partial charge in [-0.15, -0.1) is 5.10 Å². The highest BCUT2D eigenvalue weighted by Gasteiger charge is 2.31. The molecule has 5 nitrogen and oxygen atoms in total. The van der Waals surface area contributed by atoms with Crippen LogP contribution in [0, 0.1) is 5.92 Å². The molecule has 118 valence electrons. The van der Waals surface area contributed by atoms with Crippen molar-refractivity contribution in [2.75, 3.05) is 24.5 Å². The average Bonchev–Trinajstić information content (AvgIpc) is 2.36. The predicted octanol–water partition coefficient (Wildman–Crippen LogP) is 2.23. The molecule has 0 aromatic carbocycles. The van der Waals surface area contributed by atoms with Gasteiger partial charge < -0.3 is 15.0 Å². The second-order valence-electron chi connectivity index (χ2n) is 6.98. The zero-order valence-electron chi connectivity index (χ0n) is 13.9. The molecule has 0 spiro atoms. The lowest BCUT2D eigenvalue weighted by Crippen LogP contribution is -2.52. The van der Waals surface area contributed by atoms with E-state index >= 15 is 0 Å². The Labute approximate surface area is 128 Å². The van der Waals surface area contributed by atoms with Crippen molar-refractivity contribution in [2.45, 2.75) is 52.9 Å². The van der Waals surface area contributed by atoms with Gasteiger partial charge in [0.05, 0.1) is 17.4 Å². The third-order valence-electron chi connectivity index (χ3n) is 3.46. The minimum Gasteiger partial charge on any atom is -0.369 e. The molecule has 1 aromatic rings. The smallest absolute Gasteiger partial charge is 0.151 e. The average molecular weight is 292 g/mol. The van der Waals surface area contributed by atoms with Crippen LogP contribution in [0.15, 0.2) is 12.1 Å². The van der Waals surface area contributed by atoms with Gasteiger partial charge in [0.1, 0.15) is 0 Å². The van der Waals surface area contributed by atoms with Gasteiger partial charge in [-0.05, 0) is 45.4 Å². The molecule has 1 fully saturated rings. The third kappa shape index (κ3) is 4.93. The molecule has 1 aromatic heterocycles. The molecular weight excluding hydrogens is 264 g/mol. The van der Waals surface area contributed by atoms with Crippen LogP contribution in [0.3, 0.4) is 0 Å². The number of nitrogens with zero attached hydrogens (tertiary/aromatic N) is 3. The first-order valence-corrected chi connectivity index (χ1v) is 7.82. The molecule has 5 heteroatoms. The van der Waals surface area contributed by atoms with Gasteiger partial charge in [-0.3, -0.25) is 0 Å². The number of anilines is 1. The van der Waals surface area contributed by atoms with E-state index in [0.717, 1.165) is 37.7 Å². The van der Waals surface area contributed by atoms with Gasteiger partial charge in [0, 0.05) is 19.6 Å². The van der Waals surface area contributed by atoms with Crippen molar-refractivity contribution in [2.24, 2.45) is 5.92 Å². The van der Waals surface area contributed by atoms with Crippen molar-refractivity contribution in [1.82, 2.24) is 15.5 Å². The van der Waals surface area contributed by atoms with E-state index in [9.17, 15) is 0 Å². The normalized spacial score (nSPS) is 21.8. The number of morpholine rings is 1. The van der Waals surface area contributed by atoms with Crippen LogP contribution in [0.4, 0.5) is 5.82 Å². The summed E-state index contributed by atoms with van der Waals surface area (Å²) >= 11 is 0. The molecule has 2 heterocycles. The highest BCUT2D eigenvalue weighted by Crippen LogP contribution is 2.24. The Hall–Kier alpha value is -1.20. The summed E-state index contributed by atoms with van der Waals surface area (Å²) in [7, 11) is 0. The van der Waals surface area contributed by atoms with Crippen LogP contribution < -0.4 is 10.2 Å². The first kappa shape index (κ1) is 16.2. The Morgan fingerprint density at radius 1 is 1.38 bits per heavy atom. The molecule has 21 heavy (non-hydrogen) atoms. The SMILES string of the molecule is CC(C)CNCc1ccc(N2CC(C)OC(C)(C)C2)nn1. The van der Waals surface area contributed by atoms with Gasteiger partial charge >= 0.3 is 0 Å². The van der Waals surface area contributed by atoms with Crippen LogP contribution in [0.1, 0.15) is 40.3 Å². The van der Waals surface area contributed by atoms with Crippen LogP contribution in [-0.2, 0) is 11.3 Å². The maximum atomic E-state index is 5.92. The Balaban J connectivity index is 1.95. The van der Waals surface area contributed by atoms with Crippen molar-refractivity contribution in [3.63, 3.8) is 0 Å². The molecule has 1 aliphatic rings. The lowest BCUT2D eigenvalue weighted by molar-refractivity contribution is -0.0752. The third-order valence-corrected chi connectivity index (χ3v) is 3.46. The summed E-state index contributed by atoms with van der Waals surface area (Å²) in [4.78, 5) is 2.26. The van der Waals surface area contributed by atoms with E-state index in [1.54, 1.807) is 0 Å². The van der Waals surface area contributed by atoms with E-state index < -0.39 is 0 Å². The first-order chi connectivity index (χ1) is 9.85. The number of rotatable bonds is 5. The van der Waals surface area contributed by atoms with Crippen LogP contribution >= 0.6 is 0 Å². The zero-order chi connectivity index (χ0) is 15.5. The molecule has 0 radical (unpaired) electrons. The summed E-state index contributed by atoms with van der Waals surface area (Å²) in [6, 6.07) is 4.12. The van der Waals surface area contributed by atoms with E-state index in [-0.39, 0.29) is 11.7 Å². The fraction of sp³-hybridized carbons (Fsp3) is 0.750. The van der Waals surface area contributed by atoms with E-state index in [4.69, 9.17) is 4.74 Å². The largest absolute Gasteiger partial charge is 0.369 e. The number of hydrogen-bond acceptors (Lipinski definition) is 5. The highest BCUT2D eigenvalue weighted by atomic mass is 16.5. The van der Waals surface area contributed by atoms with Gasteiger partial charge in [-0.1, -0.05) is 13.8 Å². The topological polar surface area (TPSA) is 50.3 Å². The minimum atomic E-state index is -0.142. The molecule has 1 unspecified atom stereocenters. The van der Waals surface area contributed by atoms with Gasteiger partial charge in [0.25, 0.3) is 0 Å². The molecular formula is C16H28N4O. The molecule has 0 aliphatic carbocycles. The Morgan fingerprint density at radius 2 is 2.14 bits per heavy atom. The maximum absolute atomic E-state index is 5.92. The second-order valence-corrected chi connectivity index (χ2v) is 6.98. The van der Waals surface area contributed by atoms with Crippen LogP contribution in [0.25, 0.3) is 0 Å². The maximum Gasteiger partial charge on any atom is 0.151 e. The fourth-order valence-corrected chi connectivity index (χ4v) is 2.73. The molecule has 0 saturated carbocycles. The standard InChI is InChI=1S/C16H28N4O/c1-12(2)8-17-9-14-6-7-15(19-18-14)20-10-13(3)21-16(4,5)11-20/h6-7,12-13,17H,8-11H2,1-5H3. The quantitative estimate of drug-likeness (QED) is 0.902. The van der Waals surface area contributed by atoms with Crippen molar-refractivity contribution >= 4 is 5.82 Å². The molecule has 1 atom stereocenters. The predicted molar refractivity (Wildman–Crippen MR) is 85.4 cm³/mol. The molecule has 0 bridgehead atoms. The van der Waals surface area contributed by atoms with Gasteiger partial charge in [0.15, 0.2) is 5.82 Å². The van der Waals surface area contributed by atoms with E-state index in [2.05, 4.69) is 67.2 Å². The summed E-state index contributed by atoms with van der Waals surface area (Å²) in [5.74, 6) is 1.58. The van der Waals surface area contributed by atoms with Crippen LogP contribution in [0.5, 0.6) is 0 Å². The Bertz CT molecular complexity index is 444. The molecule has 1 saturated heterocycles. The summed E-state index contributed by atoms with van der Waals surface area (Å²) in [6.45, 7) is 14.2. The lowest BCUT2D eigenvalue weighted by Gasteiger charge is -2.42. The van der Waals surface area contributed by atoms with Crippen LogP contribution in [-0.4, -0.2) is 41.5 Å². The molecule has 1 N–H and O–H groups in total. The highest BCUT2D eigenvalue weighted by molar-refractivity contribution is 5.38. The number of nitrogens with one attached hydrogen (secondary N) is 1. The monoisotopic (exact) mass is 292 g/mol. The van der Waals surface area contributed by atoms with E-state index in [1.165, 1.54) is 0 Å². The summed E-state index contributed by atoms with van der Waals surface area (Å²) < 4.78 is 5.92. The number of aromatic nitrogens is 2. The van der Waals surface area contributed by atoms with E-state index in [1.807, 2.05) is 0 Å². The zero-order valence-corrected chi connectivity index (χ0v) is 13.9. The van der Waals surface area contributed by atoms with Crippen LogP contribution in [0.2, 0.25) is 0 Å². The molecule has 2 rings (SSSR count). The van der Waals surface area contributed by atoms with Gasteiger partial charge in [-0.2, -0.15) is 5.10 Å². The van der Waals surface area contributed by atoms with Crippen molar-refractivity contribution in [3.05, 3.63) is 17.8 Å². The molecule has 0 amide bonds. The van der Waals surface area contributed by atoms with Crippen molar-refractivity contribution in [1.29, 1.82) is 0 Å². The van der Waals surface area contributed by atoms with Gasteiger partial charge in [-0.25, -0.2) is 0 Å². The lowest BCUT2D eigenvalue weighted by atomic mass is 10.1. The minimum absolute atomic E-state index is 0.142. The van der Waals surface area contributed by atoms with Crippen molar-refractivity contribution < 1.29 is 4.74 Å².